The van der Waals surface area contributed by atoms with Gasteiger partial charge in [0.05, 0.1) is 6.61 Å². The molecule has 0 amide bonds. The standard InChI is InChI=1S/C17H19NO3/c1-4-21-17(20)15-13(3)16(19)12(2)10-18(15)11-14-8-6-5-7-9-14/h5-10H,4,11H2,1-3H3. The van der Waals surface area contributed by atoms with Crippen LogP contribution in [0.4, 0.5) is 0 Å². The van der Waals surface area contributed by atoms with E-state index in [0.717, 1.165) is 5.56 Å². The second-order valence-electron chi connectivity index (χ2n) is 4.95. The maximum atomic E-state index is 12.2. The average molecular weight is 285 g/mol. The summed E-state index contributed by atoms with van der Waals surface area (Å²) < 4.78 is 6.87. The van der Waals surface area contributed by atoms with E-state index in [1.807, 2.05) is 30.3 Å². The van der Waals surface area contributed by atoms with E-state index < -0.39 is 5.97 Å². The summed E-state index contributed by atoms with van der Waals surface area (Å²) in [6, 6.07) is 9.80. The van der Waals surface area contributed by atoms with Crippen molar-refractivity contribution in [3.8, 4) is 0 Å². The van der Waals surface area contributed by atoms with Crippen LogP contribution in [0.25, 0.3) is 0 Å². The van der Waals surface area contributed by atoms with Crippen molar-refractivity contribution in [3.05, 3.63) is 69.1 Å². The summed E-state index contributed by atoms with van der Waals surface area (Å²) in [4.78, 5) is 24.2. The highest BCUT2D eigenvalue weighted by atomic mass is 16.5. The van der Waals surface area contributed by atoms with Crippen molar-refractivity contribution in [3.63, 3.8) is 0 Å². The topological polar surface area (TPSA) is 48.3 Å². The van der Waals surface area contributed by atoms with Gasteiger partial charge >= 0.3 is 5.97 Å². The third kappa shape index (κ3) is 3.21. The Morgan fingerprint density at radius 3 is 2.48 bits per heavy atom. The molecule has 1 aromatic heterocycles. The minimum absolute atomic E-state index is 0.109. The van der Waals surface area contributed by atoms with Crippen LogP contribution in [0.1, 0.15) is 34.1 Å². The zero-order chi connectivity index (χ0) is 15.4. The first-order valence-electron chi connectivity index (χ1n) is 6.96. The number of hydrogen-bond donors (Lipinski definition) is 0. The van der Waals surface area contributed by atoms with Gasteiger partial charge < -0.3 is 9.30 Å². The van der Waals surface area contributed by atoms with Crippen LogP contribution in [0.5, 0.6) is 0 Å². The van der Waals surface area contributed by atoms with Gasteiger partial charge in [-0.1, -0.05) is 30.3 Å². The lowest BCUT2D eigenvalue weighted by Gasteiger charge is -2.16. The molecule has 1 aromatic carbocycles. The van der Waals surface area contributed by atoms with E-state index in [1.165, 1.54) is 0 Å². The summed E-state index contributed by atoms with van der Waals surface area (Å²) in [6.45, 7) is 5.98. The Morgan fingerprint density at radius 1 is 1.19 bits per heavy atom. The lowest BCUT2D eigenvalue weighted by molar-refractivity contribution is 0.0512. The predicted octanol–water partition coefficient (Wildman–Crippen LogP) is 2.69. The summed E-state index contributed by atoms with van der Waals surface area (Å²) in [5, 5.41) is 0. The van der Waals surface area contributed by atoms with Crippen LogP contribution < -0.4 is 5.43 Å². The number of carbonyl (C=O) groups is 1. The Bertz CT molecular complexity index is 702. The van der Waals surface area contributed by atoms with Crippen molar-refractivity contribution >= 4 is 5.97 Å². The highest BCUT2D eigenvalue weighted by Crippen LogP contribution is 2.11. The number of aromatic nitrogens is 1. The molecule has 110 valence electrons. The van der Waals surface area contributed by atoms with Crippen LogP contribution in [0.2, 0.25) is 0 Å². The van der Waals surface area contributed by atoms with Crippen molar-refractivity contribution in [1.82, 2.24) is 4.57 Å². The van der Waals surface area contributed by atoms with Crippen molar-refractivity contribution in [2.45, 2.75) is 27.3 Å². The number of aryl methyl sites for hydroxylation is 1. The van der Waals surface area contributed by atoms with Gasteiger partial charge in [-0.05, 0) is 26.3 Å². The molecule has 0 saturated heterocycles. The lowest BCUT2D eigenvalue weighted by Crippen LogP contribution is -2.24. The number of hydrogen-bond acceptors (Lipinski definition) is 3. The number of pyridine rings is 1. The van der Waals surface area contributed by atoms with Gasteiger partial charge in [-0.25, -0.2) is 4.79 Å². The SMILES string of the molecule is CCOC(=O)c1c(C)c(=O)c(C)cn1Cc1ccccc1. The molecule has 0 unspecified atom stereocenters. The fraction of sp³-hybridized carbons (Fsp3) is 0.294. The van der Waals surface area contributed by atoms with Crippen molar-refractivity contribution in [1.29, 1.82) is 0 Å². The largest absolute Gasteiger partial charge is 0.461 e. The molecule has 0 aliphatic carbocycles. The molecule has 0 fully saturated rings. The fourth-order valence-corrected chi connectivity index (χ4v) is 2.35. The van der Waals surface area contributed by atoms with Gasteiger partial charge in [0.2, 0.25) is 0 Å². The Morgan fingerprint density at radius 2 is 1.86 bits per heavy atom. The van der Waals surface area contributed by atoms with E-state index >= 15 is 0 Å². The molecule has 4 nitrogen and oxygen atoms in total. The molecule has 0 bridgehead atoms. The average Bonchev–Trinajstić information content (AvgIpc) is 2.46. The van der Waals surface area contributed by atoms with Crippen LogP contribution in [0.3, 0.4) is 0 Å². The summed E-state index contributed by atoms with van der Waals surface area (Å²) in [6.07, 6.45) is 1.72. The predicted molar refractivity (Wildman–Crippen MR) is 81.7 cm³/mol. The van der Waals surface area contributed by atoms with Gasteiger partial charge in [0, 0.05) is 23.9 Å². The van der Waals surface area contributed by atoms with E-state index in [-0.39, 0.29) is 12.0 Å². The summed E-state index contributed by atoms with van der Waals surface area (Å²) in [7, 11) is 0. The molecule has 0 spiro atoms. The molecule has 1 heterocycles. The second-order valence-corrected chi connectivity index (χ2v) is 4.95. The first kappa shape index (κ1) is 15.0. The lowest BCUT2D eigenvalue weighted by atomic mass is 10.1. The third-order valence-corrected chi connectivity index (χ3v) is 3.36. The summed E-state index contributed by atoms with van der Waals surface area (Å²) in [5.74, 6) is -0.456. The van der Waals surface area contributed by atoms with Crippen molar-refractivity contribution in [2.75, 3.05) is 6.61 Å². The first-order chi connectivity index (χ1) is 10.0. The number of benzene rings is 1. The molecule has 0 radical (unpaired) electrons. The molecule has 0 aliphatic rings. The molecule has 21 heavy (non-hydrogen) atoms. The van der Waals surface area contributed by atoms with Crippen molar-refractivity contribution < 1.29 is 9.53 Å². The Hall–Kier alpha value is -2.36. The number of nitrogens with zero attached hydrogens (tertiary/aromatic N) is 1. The van der Waals surface area contributed by atoms with E-state index in [4.69, 9.17) is 4.74 Å². The quantitative estimate of drug-likeness (QED) is 0.811. The molecule has 4 heteroatoms. The zero-order valence-corrected chi connectivity index (χ0v) is 12.6. The number of carbonyl (C=O) groups excluding carboxylic acids is 1. The van der Waals surface area contributed by atoms with E-state index in [2.05, 4.69) is 0 Å². The normalized spacial score (nSPS) is 10.4. The van der Waals surface area contributed by atoms with Gasteiger partial charge in [0.25, 0.3) is 0 Å². The molecule has 2 rings (SSSR count). The van der Waals surface area contributed by atoms with E-state index in [9.17, 15) is 9.59 Å². The highest BCUT2D eigenvalue weighted by molar-refractivity contribution is 5.89. The number of rotatable bonds is 4. The second kappa shape index (κ2) is 6.39. The Balaban J connectivity index is 2.53. The van der Waals surface area contributed by atoms with Crippen LogP contribution in [0, 0.1) is 13.8 Å². The molecule has 0 saturated carbocycles. The first-order valence-corrected chi connectivity index (χ1v) is 6.96. The van der Waals surface area contributed by atoms with Crippen LogP contribution in [-0.4, -0.2) is 17.1 Å². The molecular weight excluding hydrogens is 266 g/mol. The maximum absolute atomic E-state index is 12.2. The number of ether oxygens (including phenoxy) is 1. The third-order valence-electron chi connectivity index (χ3n) is 3.36. The minimum atomic E-state index is -0.456. The molecule has 2 aromatic rings. The van der Waals surface area contributed by atoms with Gasteiger partial charge in [-0.3, -0.25) is 4.79 Å². The van der Waals surface area contributed by atoms with Crippen LogP contribution >= 0.6 is 0 Å². The Labute approximate surface area is 124 Å². The molecule has 0 aliphatic heterocycles. The zero-order valence-electron chi connectivity index (χ0n) is 12.6. The van der Waals surface area contributed by atoms with Gasteiger partial charge in [-0.15, -0.1) is 0 Å². The van der Waals surface area contributed by atoms with Crippen molar-refractivity contribution in [2.24, 2.45) is 0 Å². The fourth-order valence-electron chi connectivity index (χ4n) is 2.35. The maximum Gasteiger partial charge on any atom is 0.355 e. The van der Waals surface area contributed by atoms with Gasteiger partial charge in [0.1, 0.15) is 5.69 Å². The van der Waals surface area contributed by atoms with Crippen LogP contribution in [-0.2, 0) is 11.3 Å². The summed E-state index contributed by atoms with van der Waals surface area (Å²) in [5.41, 5.74) is 2.34. The molecule has 0 atom stereocenters. The van der Waals surface area contributed by atoms with E-state index in [1.54, 1.807) is 31.5 Å². The summed E-state index contributed by atoms with van der Waals surface area (Å²) >= 11 is 0. The minimum Gasteiger partial charge on any atom is -0.461 e. The molecular formula is C17H19NO3. The number of esters is 1. The Kier molecular flexibility index (Phi) is 4.58. The smallest absolute Gasteiger partial charge is 0.355 e. The monoisotopic (exact) mass is 285 g/mol. The van der Waals surface area contributed by atoms with Gasteiger partial charge in [-0.2, -0.15) is 0 Å². The van der Waals surface area contributed by atoms with E-state index in [0.29, 0.717) is 23.4 Å². The van der Waals surface area contributed by atoms with Crippen LogP contribution in [0.15, 0.2) is 41.3 Å². The van der Waals surface area contributed by atoms with Gasteiger partial charge in [0.15, 0.2) is 5.43 Å². The molecule has 0 N–H and O–H groups in total. The highest BCUT2D eigenvalue weighted by Gasteiger charge is 2.18.